The molecule has 1 aromatic heterocycles. The van der Waals surface area contributed by atoms with Crippen LogP contribution < -0.4 is 16.0 Å². The van der Waals surface area contributed by atoms with Crippen LogP contribution in [0.25, 0.3) is 0 Å². The van der Waals surface area contributed by atoms with Gasteiger partial charge in [0.15, 0.2) is 0 Å². The van der Waals surface area contributed by atoms with Gasteiger partial charge in [-0.1, -0.05) is 30.3 Å². The number of anilines is 3. The molecule has 0 saturated heterocycles. The fourth-order valence-electron chi connectivity index (χ4n) is 2.42. The smallest absolute Gasteiger partial charge is 0.414 e. The van der Waals surface area contributed by atoms with Crippen LogP contribution in [0, 0.1) is 10.1 Å². The Bertz CT molecular complexity index is 782. The average molecular weight is 359 g/mol. The van der Waals surface area contributed by atoms with Gasteiger partial charge in [-0.15, -0.1) is 0 Å². The third kappa shape index (κ3) is 4.38. The number of aromatic nitrogens is 1. The van der Waals surface area contributed by atoms with E-state index in [4.69, 9.17) is 10.5 Å². The molecule has 0 aliphatic carbocycles. The van der Waals surface area contributed by atoms with Crippen LogP contribution in [0.15, 0.2) is 36.4 Å². The Labute approximate surface area is 150 Å². The first kappa shape index (κ1) is 19.0. The van der Waals surface area contributed by atoms with Gasteiger partial charge in [0.05, 0.1) is 18.1 Å². The second-order valence-corrected chi connectivity index (χ2v) is 5.32. The molecule has 0 saturated carbocycles. The van der Waals surface area contributed by atoms with E-state index in [1.807, 2.05) is 37.3 Å². The van der Waals surface area contributed by atoms with E-state index < -0.39 is 16.7 Å². The summed E-state index contributed by atoms with van der Waals surface area (Å²) < 4.78 is 5.09. The Hall–Kier alpha value is -3.36. The van der Waals surface area contributed by atoms with Crippen molar-refractivity contribution in [1.29, 1.82) is 0 Å². The van der Waals surface area contributed by atoms with Gasteiger partial charge in [-0.25, -0.2) is 9.78 Å². The van der Waals surface area contributed by atoms with Crippen molar-refractivity contribution in [2.24, 2.45) is 0 Å². The fourth-order valence-corrected chi connectivity index (χ4v) is 2.42. The molecule has 3 N–H and O–H groups in total. The summed E-state index contributed by atoms with van der Waals surface area (Å²) in [7, 11) is 0. The van der Waals surface area contributed by atoms with Crippen molar-refractivity contribution in [1.82, 2.24) is 4.98 Å². The lowest BCUT2D eigenvalue weighted by atomic mass is 10.2. The summed E-state index contributed by atoms with van der Waals surface area (Å²) in [6.45, 7) is 4.29. The summed E-state index contributed by atoms with van der Waals surface area (Å²) in [5.41, 5.74) is 6.17. The molecule has 0 unspecified atom stereocenters. The highest BCUT2D eigenvalue weighted by Crippen LogP contribution is 2.36. The Morgan fingerprint density at radius 3 is 2.62 bits per heavy atom. The Kier molecular flexibility index (Phi) is 6.31. The number of nitrogens with one attached hydrogen (secondary N) is 1. The lowest BCUT2D eigenvalue weighted by molar-refractivity contribution is -0.383. The zero-order chi connectivity index (χ0) is 19.1. The molecular weight excluding hydrogens is 338 g/mol. The number of hydrogen-bond donors (Lipinski definition) is 2. The number of amides is 1. The average Bonchev–Trinajstić information content (AvgIpc) is 2.60. The van der Waals surface area contributed by atoms with E-state index in [2.05, 4.69) is 10.3 Å². The van der Waals surface area contributed by atoms with Crippen molar-refractivity contribution in [3.63, 3.8) is 0 Å². The third-order valence-electron chi connectivity index (χ3n) is 3.50. The van der Waals surface area contributed by atoms with E-state index in [1.165, 1.54) is 11.0 Å². The lowest BCUT2D eigenvalue weighted by Crippen LogP contribution is -2.32. The second-order valence-electron chi connectivity index (χ2n) is 5.32. The van der Waals surface area contributed by atoms with Crippen LogP contribution in [0.1, 0.15) is 19.4 Å². The molecule has 1 amide bonds. The molecule has 0 fully saturated rings. The number of nitro groups is 1. The fraction of sp³-hybridized carbons (Fsp3) is 0.294. The number of hydrogen-bond acceptors (Lipinski definition) is 7. The van der Waals surface area contributed by atoms with Gasteiger partial charge in [-0.3, -0.25) is 15.0 Å². The largest absolute Gasteiger partial charge is 0.449 e. The van der Waals surface area contributed by atoms with Crippen LogP contribution in [-0.2, 0) is 11.3 Å². The predicted molar refractivity (Wildman–Crippen MR) is 99.1 cm³/mol. The molecule has 2 aromatic rings. The monoisotopic (exact) mass is 359 g/mol. The predicted octanol–water partition coefficient (Wildman–Crippen LogP) is 3.17. The molecule has 26 heavy (non-hydrogen) atoms. The summed E-state index contributed by atoms with van der Waals surface area (Å²) in [5, 5.41) is 14.5. The minimum atomic E-state index is -0.701. The van der Waals surface area contributed by atoms with Crippen LogP contribution in [0.2, 0.25) is 0 Å². The number of rotatable bonds is 7. The number of carbonyl (C=O) groups is 1. The van der Waals surface area contributed by atoms with E-state index in [0.717, 1.165) is 5.56 Å². The molecule has 0 radical (unpaired) electrons. The minimum absolute atomic E-state index is 0.0285. The molecule has 0 atom stereocenters. The van der Waals surface area contributed by atoms with Crippen LogP contribution >= 0.6 is 0 Å². The number of pyridine rings is 1. The minimum Gasteiger partial charge on any atom is -0.449 e. The van der Waals surface area contributed by atoms with Crippen molar-refractivity contribution < 1.29 is 14.5 Å². The van der Waals surface area contributed by atoms with Gasteiger partial charge in [0.25, 0.3) is 0 Å². The molecule has 0 aliphatic rings. The Morgan fingerprint density at radius 2 is 2.04 bits per heavy atom. The van der Waals surface area contributed by atoms with Gasteiger partial charge in [0.2, 0.25) is 5.82 Å². The zero-order valence-electron chi connectivity index (χ0n) is 14.6. The van der Waals surface area contributed by atoms with Gasteiger partial charge in [-0.2, -0.15) is 0 Å². The third-order valence-corrected chi connectivity index (χ3v) is 3.50. The van der Waals surface area contributed by atoms with Crippen LogP contribution in [0.4, 0.5) is 27.8 Å². The standard InChI is InChI=1S/C17H21N5O4/c1-3-19-14-10-13(15(22(24)25)16(18)20-14)21(17(23)26-4-2)11-12-8-6-5-7-9-12/h5-10H,3-4,11H2,1-2H3,(H3,18,19,20). The number of carbonyl (C=O) groups excluding carboxylic acids is 1. The number of ether oxygens (including phenoxy) is 1. The normalized spacial score (nSPS) is 10.2. The van der Waals surface area contributed by atoms with Gasteiger partial charge in [0, 0.05) is 12.6 Å². The van der Waals surface area contributed by atoms with Crippen molar-refractivity contribution in [2.75, 3.05) is 29.1 Å². The van der Waals surface area contributed by atoms with Crippen molar-refractivity contribution in [2.45, 2.75) is 20.4 Å². The second kappa shape index (κ2) is 8.65. The molecular formula is C17H21N5O4. The Morgan fingerprint density at radius 1 is 1.35 bits per heavy atom. The van der Waals surface area contributed by atoms with Gasteiger partial charge in [0.1, 0.15) is 11.5 Å². The highest BCUT2D eigenvalue weighted by atomic mass is 16.6. The summed E-state index contributed by atoms with van der Waals surface area (Å²) in [6.07, 6.45) is -0.701. The zero-order valence-corrected chi connectivity index (χ0v) is 14.6. The first-order chi connectivity index (χ1) is 12.5. The molecule has 1 heterocycles. The number of nitrogens with zero attached hydrogens (tertiary/aromatic N) is 3. The van der Waals surface area contributed by atoms with E-state index in [9.17, 15) is 14.9 Å². The molecule has 0 aliphatic heterocycles. The molecule has 0 bridgehead atoms. The number of nitrogens with two attached hydrogens (primary N) is 1. The van der Waals surface area contributed by atoms with Crippen molar-refractivity contribution >= 4 is 29.1 Å². The van der Waals surface area contributed by atoms with Gasteiger partial charge in [-0.05, 0) is 19.4 Å². The van der Waals surface area contributed by atoms with Crippen LogP contribution in [0.3, 0.4) is 0 Å². The molecule has 9 heteroatoms. The number of benzene rings is 1. The van der Waals surface area contributed by atoms with Crippen LogP contribution in [0.5, 0.6) is 0 Å². The highest BCUT2D eigenvalue weighted by Gasteiger charge is 2.30. The van der Waals surface area contributed by atoms with Gasteiger partial charge >= 0.3 is 11.8 Å². The summed E-state index contributed by atoms with van der Waals surface area (Å²) in [4.78, 5) is 28.6. The summed E-state index contributed by atoms with van der Waals surface area (Å²) in [6, 6.07) is 10.5. The quantitative estimate of drug-likeness (QED) is 0.575. The summed E-state index contributed by atoms with van der Waals surface area (Å²) in [5.74, 6) is 0.0683. The SMILES string of the molecule is CCNc1cc(N(Cc2ccccc2)C(=O)OCC)c([N+](=O)[O-])c(N)n1. The van der Waals surface area contributed by atoms with E-state index >= 15 is 0 Å². The Balaban J connectivity index is 2.57. The lowest BCUT2D eigenvalue weighted by Gasteiger charge is -2.23. The van der Waals surface area contributed by atoms with Crippen molar-refractivity contribution in [3.05, 3.63) is 52.1 Å². The molecule has 1 aromatic carbocycles. The van der Waals surface area contributed by atoms with E-state index in [1.54, 1.807) is 6.92 Å². The molecule has 2 rings (SSSR count). The molecule has 9 nitrogen and oxygen atoms in total. The van der Waals surface area contributed by atoms with E-state index in [0.29, 0.717) is 12.4 Å². The maximum absolute atomic E-state index is 12.5. The number of nitrogen functional groups attached to an aromatic ring is 1. The topological polar surface area (TPSA) is 124 Å². The first-order valence-electron chi connectivity index (χ1n) is 8.14. The molecule has 0 spiro atoms. The van der Waals surface area contributed by atoms with Crippen molar-refractivity contribution in [3.8, 4) is 0 Å². The van der Waals surface area contributed by atoms with E-state index in [-0.39, 0.29) is 24.7 Å². The summed E-state index contributed by atoms with van der Waals surface area (Å²) >= 11 is 0. The maximum Gasteiger partial charge on any atom is 0.414 e. The van der Waals surface area contributed by atoms with Crippen LogP contribution in [-0.4, -0.2) is 29.2 Å². The molecule has 138 valence electrons. The highest BCUT2D eigenvalue weighted by molar-refractivity contribution is 5.93. The maximum atomic E-state index is 12.5. The first-order valence-corrected chi connectivity index (χ1v) is 8.14. The van der Waals surface area contributed by atoms with Gasteiger partial charge < -0.3 is 15.8 Å².